The highest BCUT2D eigenvalue weighted by Gasteiger charge is 2.18. The Morgan fingerprint density at radius 2 is 2.00 bits per heavy atom. The van der Waals surface area contributed by atoms with E-state index in [0.717, 1.165) is 15.9 Å². The number of nitrogens with one attached hydrogen (secondary N) is 1. The second-order valence-corrected chi connectivity index (χ2v) is 4.74. The Hall–Kier alpha value is -2.69. The molecule has 0 amide bonds. The number of fused-ring (bicyclic) bond motifs is 1. The maximum atomic E-state index is 11.8. The minimum atomic E-state index is 0.427. The lowest BCUT2D eigenvalue weighted by molar-refractivity contribution is -0.360. The van der Waals surface area contributed by atoms with Crippen LogP contribution >= 0.6 is 0 Å². The van der Waals surface area contributed by atoms with Crippen LogP contribution < -0.4 is 14.8 Å². The average molecular weight is 284 g/mol. The van der Waals surface area contributed by atoms with Crippen LogP contribution in [0.15, 0.2) is 42.5 Å². The van der Waals surface area contributed by atoms with Gasteiger partial charge in [-0.1, -0.05) is 30.3 Å². The van der Waals surface area contributed by atoms with Gasteiger partial charge in [-0.3, -0.25) is 5.32 Å². The Kier molecular flexibility index (Phi) is 3.64. The van der Waals surface area contributed by atoms with E-state index in [4.69, 9.17) is 9.47 Å². The lowest BCUT2D eigenvalue weighted by Gasteiger charge is -2.20. The first-order chi connectivity index (χ1) is 10.3. The topological polar surface area (TPSA) is 56.6 Å². The fourth-order valence-corrected chi connectivity index (χ4v) is 2.25. The number of rotatable bonds is 4. The highest BCUT2D eigenvalue weighted by atomic mass is 16.5. The number of nitrogens with zero attached hydrogens (tertiary/aromatic N) is 1. The molecule has 0 unspecified atom stereocenters. The van der Waals surface area contributed by atoms with Crippen molar-refractivity contribution in [2.75, 3.05) is 7.11 Å². The van der Waals surface area contributed by atoms with Gasteiger partial charge < -0.3 is 14.7 Å². The molecule has 2 aromatic rings. The zero-order chi connectivity index (χ0) is 14.7. The third-order valence-electron chi connectivity index (χ3n) is 3.34. The molecule has 0 saturated carbocycles. The average Bonchev–Trinajstić information content (AvgIpc) is 2.53. The van der Waals surface area contributed by atoms with E-state index in [-0.39, 0.29) is 0 Å². The van der Waals surface area contributed by atoms with Crippen molar-refractivity contribution < 1.29 is 14.2 Å². The van der Waals surface area contributed by atoms with Gasteiger partial charge in [-0.05, 0) is 11.6 Å². The van der Waals surface area contributed by atoms with Crippen molar-refractivity contribution in [2.45, 2.75) is 13.2 Å². The van der Waals surface area contributed by atoms with Crippen molar-refractivity contribution in [2.24, 2.45) is 0 Å². The molecule has 0 radical (unpaired) electrons. The van der Waals surface area contributed by atoms with Crippen molar-refractivity contribution in [3.63, 3.8) is 0 Å². The Morgan fingerprint density at radius 1 is 1.19 bits per heavy atom. The van der Waals surface area contributed by atoms with Gasteiger partial charge in [-0.25, -0.2) is 4.74 Å². The van der Waals surface area contributed by atoms with Crippen molar-refractivity contribution in [3.8, 4) is 11.5 Å². The largest absolute Gasteiger partial charge is 0.711 e. The van der Waals surface area contributed by atoms with Crippen LogP contribution in [0.4, 0.5) is 5.69 Å². The normalized spacial score (nSPS) is 12.9. The molecule has 1 aliphatic rings. The third kappa shape index (κ3) is 2.76. The summed E-state index contributed by atoms with van der Waals surface area (Å²) in [7, 11) is 1.59. The third-order valence-corrected chi connectivity index (χ3v) is 3.34. The van der Waals surface area contributed by atoms with E-state index < -0.39 is 0 Å². The molecular formula is C16H16N2O3. The van der Waals surface area contributed by atoms with E-state index >= 15 is 0 Å². The van der Waals surface area contributed by atoms with Crippen LogP contribution in [0.2, 0.25) is 0 Å². The Labute approximate surface area is 123 Å². The van der Waals surface area contributed by atoms with Crippen molar-refractivity contribution in [3.05, 3.63) is 58.8 Å². The highest BCUT2D eigenvalue weighted by molar-refractivity contribution is 5.61. The van der Waals surface area contributed by atoms with Crippen molar-refractivity contribution >= 4 is 12.0 Å². The maximum absolute atomic E-state index is 11.8. The number of hydrogen-bond donors (Lipinski definition) is 1. The number of benzene rings is 2. The number of hydrogen-bond acceptors (Lipinski definition) is 4. The first kappa shape index (κ1) is 13.3. The quantitative estimate of drug-likeness (QED) is 0.692. The monoisotopic (exact) mass is 284 g/mol. The second kappa shape index (κ2) is 5.75. The SMILES string of the molecule is COc1cc2c(cc1OCc1ccccc1)[N+]([O-])=CNC2. The van der Waals surface area contributed by atoms with E-state index in [1.807, 2.05) is 36.4 Å². The molecule has 0 aliphatic carbocycles. The van der Waals surface area contributed by atoms with Gasteiger partial charge in [0.05, 0.1) is 7.11 Å². The van der Waals surface area contributed by atoms with E-state index in [2.05, 4.69) is 5.32 Å². The number of ether oxygens (including phenoxy) is 2. The molecule has 0 atom stereocenters. The smallest absolute Gasteiger partial charge is 0.240 e. The van der Waals surface area contributed by atoms with Crippen LogP contribution in [0.5, 0.6) is 11.5 Å². The van der Waals surface area contributed by atoms with Gasteiger partial charge in [0.2, 0.25) is 6.34 Å². The highest BCUT2D eigenvalue weighted by Crippen LogP contribution is 2.35. The fraction of sp³-hybridized carbons (Fsp3) is 0.188. The Morgan fingerprint density at radius 3 is 2.76 bits per heavy atom. The summed E-state index contributed by atoms with van der Waals surface area (Å²) in [6.45, 7) is 1.03. The van der Waals surface area contributed by atoms with Crippen LogP contribution in [0.25, 0.3) is 0 Å². The summed E-state index contributed by atoms with van der Waals surface area (Å²) in [5.74, 6) is 1.19. The van der Waals surface area contributed by atoms with E-state index in [1.54, 1.807) is 13.2 Å². The van der Waals surface area contributed by atoms with Crippen molar-refractivity contribution in [1.29, 1.82) is 0 Å². The summed E-state index contributed by atoms with van der Waals surface area (Å²) >= 11 is 0. The Balaban J connectivity index is 1.87. The van der Waals surface area contributed by atoms with Crippen molar-refractivity contribution in [1.82, 2.24) is 5.32 Å². The number of methoxy groups -OCH3 is 1. The van der Waals surface area contributed by atoms with Gasteiger partial charge in [0, 0.05) is 11.6 Å². The molecule has 0 bridgehead atoms. The van der Waals surface area contributed by atoms with E-state index in [9.17, 15) is 5.21 Å². The van der Waals surface area contributed by atoms with Crippen LogP contribution in [0.1, 0.15) is 11.1 Å². The zero-order valence-electron chi connectivity index (χ0n) is 11.7. The van der Waals surface area contributed by atoms with Gasteiger partial charge >= 0.3 is 0 Å². The Bertz CT molecular complexity index is 669. The van der Waals surface area contributed by atoms with Crippen LogP contribution in [-0.4, -0.2) is 18.2 Å². The molecule has 108 valence electrons. The van der Waals surface area contributed by atoms with Crippen LogP contribution in [-0.2, 0) is 13.2 Å². The second-order valence-electron chi connectivity index (χ2n) is 4.74. The molecular weight excluding hydrogens is 268 g/mol. The van der Waals surface area contributed by atoms with Crippen LogP contribution in [0.3, 0.4) is 0 Å². The van der Waals surface area contributed by atoms with Gasteiger partial charge in [-0.2, -0.15) is 0 Å². The molecule has 1 N–H and O–H groups in total. The first-order valence-corrected chi connectivity index (χ1v) is 6.68. The lowest BCUT2D eigenvalue weighted by Crippen LogP contribution is -2.22. The van der Waals surface area contributed by atoms with E-state index in [1.165, 1.54) is 6.34 Å². The van der Waals surface area contributed by atoms with Crippen LogP contribution in [0, 0.1) is 5.21 Å². The first-order valence-electron chi connectivity index (χ1n) is 6.68. The summed E-state index contributed by atoms with van der Waals surface area (Å²) < 4.78 is 12.0. The minimum Gasteiger partial charge on any atom is -0.711 e. The zero-order valence-corrected chi connectivity index (χ0v) is 11.7. The predicted octanol–water partition coefficient (Wildman–Crippen LogP) is 2.55. The molecule has 5 nitrogen and oxygen atoms in total. The van der Waals surface area contributed by atoms with Gasteiger partial charge in [-0.15, -0.1) is 0 Å². The minimum absolute atomic E-state index is 0.427. The summed E-state index contributed by atoms with van der Waals surface area (Å²) in [5, 5.41) is 14.7. The molecule has 2 aromatic carbocycles. The van der Waals surface area contributed by atoms with Gasteiger partial charge in [0.1, 0.15) is 18.8 Å². The molecule has 21 heavy (non-hydrogen) atoms. The summed E-state index contributed by atoms with van der Waals surface area (Å²) in [5.41, 5.74) is 2.53. The summed E-state index contributed by atoms with van der Waals surface area (Å²) in [4.78, 5) is 0. The van der Waals surface area contributed by atoms with E-state index in [0.29, 0.717) is 30.3 Å². The molecule has 1 heterocycles. The summed E-state index contributed by atoms with van der Waals surface area (Å²) in [6, 6.07) is 13.4. The fourth-order valence-electron chi connectivity index (χ4n) is 2.25. The molecule has 0 aromatic heterocycles. The van der Waals surface area contributed by atoms with Gasteiger partial charge in [0.25, 0.3) is 0 Å². The molecule has 0 saturated heterocycles. The molecule has 0 spiro atoms. The molecule has 1 aliphatic heterocycles. The van der Waals surface area contributed by atoms with Gasteiger partial charge in [0.15, 0.2) is 11.5 Å². The lowest BCUT2D eigenvalue weighted by atomic mass is 10.1. The predicted molar refractivity (Wildman–Crippen MR) is 80.0 cm³/mol. The maximum Gasteiger partial charge on any atom is 0.240 e. The summed E-state index contributed by atoms with van der Waals surface area (Å²) in [6.07, 6.45) is 1.40. The molecule has 0 fully saturated rings. The molecule has 5 heteroatoms. The molecule has 3 rings (SSSR count). The standard InChI is InChI=1S/C16H16N2O3/c1-20-15-7-13-9-17-11-18(19)14(13)8-16(15)21-10-12-5-3-2-4-6-12/h2-8,11,17H,9-10H2,1H3.